The lowest BCUT2D eigenvalue weighted by atomic mass is 10.0. The monoisotopic (exact) mass is 438 g/mol. The van der Waals surface area contributed by atoms with E-state index in [2.05, 4.69) is 20.6 Å². The minimum Gasteiger partial charge on any atom is -0.340 e. The highest BCUT2D eigenvalue weighted by Crippen LogP contribution is 2.30. The van der Waals surface area contributed by atoms with Gasteiger partial charge in [-0.15, -0.1) is 0 Å². The van der Waals surface area contributed by atoms with Gasteiger partial charge in [0.1, 0.15) is 5.82 Å². The molecular formula is C21H22N6O3S. The van der Waals surface area contributed by atoms with Gasteiger partial charge in [0.25, 0.3) is 0 Å². The number of carbonyl (C=O) groups excluding carboxylic acids is 1. The van der Waals surface area contributed by atoms with Gasteiger partial charge in [-0.1, -0.05) is 0 Å². The normalized spacial score (nSPS) is 13.6. The Bertz CT molecular complexity index is 1260. The zero-order valence-electron chi connectivity index (χ0n) is 17.1. The molecule has 2 heterocycles. The Morgan fingerprint density at radius 3 is 2.45 bits per heavy atom. The Hall–Kier alpha value is -3.50. The fourth-order valence-corrected chi connectivity index (χ4v) is 3.87. The molecule has 0 radical (unpaired) electrons. The average molecular weight is 439 g/mol. The lowest BCUT2D eigenvalue weighted by Gasteiger charge is -2.26. The van der Waals surface area contributed by atoms with E-state index in [0.717, 1.165) is 22.5 Å². The Morgan fingerprint density at radius 1 is 1.03 bits per heavy atom. The van der Waals surface area contributed by atoms with Gasteiger partial charge in [0.2, 0.25) is 21.9 Å². The number of hydrogen-bond acceptors (Lipinski definition) is 7. The number of carbonyl (C=O) groups is 1. The number of hydrogen-bond donors (Lipinski definition) is 3. The summed E-state index contributed by atoms with van der Waals surface area (Å²) < 4.78 is 22.8. The van der Waals surface area contributed by atoms with Gasteiger partial charge in [0, 0.05) is 42.3 Å². The molecule has 3 aromatic rings. The van der Waals surface area contributed by atoms with Crippen molar-refractivity contribution in [3.8, 4) is 0 Å². The van der Waals surface area contributed by atoms with Crippen LogP contribution in [0.1, 0.15) is 17.5 Å². The molecule has 0 aliphatic carbocycles. The molecule has 31 heavy (non-hydrogen) atoms. The predicted molar refractivity (Wildman–Crippen MR) is 119 cm³/mol. The van der Waals surface area contributed by atoms with Crippen molar-refractivity contribution in [2.45, 2.75) is 24.7 Å². The number of nitrogens with zero attached hydrogens (tertiary/aromatic N) is 3. The zero-order chi connectivity index (χ0) is 22.2. The first-order valence-corrected chi connectivity index (χ1v) is 11.2. The highest BCUT2D eigenvalue weighted by atomic mass is 32.2. The van der Waals surface area contributed by atoms with Crippen molar-refractivity contribution >= 4 is 44.8 Å². The van der Waals surface area contributed by atoms with Gasteiger partial charge < -0.3 is 15.5 Å². The van der Waals surface area contributed by atoms with Crippen LogP contribution in [0.15, 0.2) is 53.6 Å². The van der Waals surface area contributed by atoms with E-state index in [9.17, 15) is 13.2 Å². The number of nitrogens with two attached hydrogens (primary N) is 1. The smallest absolute Gasteiger partial charge is 0.238 e. The Morgan fingerprint density at radius 2 is 1.74 bits per heavy atom. The van der Waals surface area contributed by atoms with E-state index < -0.39 is 10.0 Å². The molecule has 0 atom stereocenters. The standard InChI is InChI=1S/C21H22N6O3S/c1-13-12-23-21(25-15-4-7-17(8-5-15)31(22,29)30)26-20(13)24-16-6-9-18-14(11-16)3-10-19(28)27(18)2/h4-9,11-12H,3,10H2,1-2H3,(H2,22,29,30)(H2,23,24,25,26). The number of fused-ring (bicyclic) bond motifs is 1. The first-order chi connectivity index (χ1) is 14.7. The summed E-state index contributed by atoms with van der Waals surface area (Å²) in [6, 6.07) is 11.9. The molecule has 0 unspecified atom stereocenters. The minimum absolute atomic E-state index is 0.0324. The number of nitrogens with one attached hydrogen (secondary N) is 2. The summed E-state index contributed by atoms with van der Waals surface area (Å²) in [4.78, 5) is 22.4. The van der Waals surface area contributed by atoms with E-state index in [4.69, 9.17) is 5.14 Å². The fourth-order valence-electron chi connectivity index (χ4n) is 3.36. The molecule has 1 aliphatic heterocycles. The number of primary sulfonamides is 1. The first kappa shape index (κ1) is 20.8. The third-order valence-electron chi connectivity index (χ3n) is 5.10. The third kappa shape index (κ3) is 4.49. The van der Waals surface area contributed by atoms with Crippen molar-refractivity contribution in [3.05, 3.63) is 59.8 Å². The molecule has 0 bridgehead atoms. The van der Waals surface area contributed by atoms with Crippen LogP contribution >= 0.6 is 0 Å². The number of aromatic nitrogens is 2. The van der Waals surface area contributed by atoms with E-state index >= 15 is 0 Å². The first-order valence-electron chi connectivity index (χ1n) is 9.61. The molecule has 1 amide bonds. The molecule has 4 N–H and O–H groups in total. The number of aryl methyl sites for hydroxylation is 2. The Kier molecular flexibility index (Phi) is 5.34. The quantitative estimate of drug-likeness (QED) is 0.558. The van der Waals surface area contributed by atoms with Gasteiger partial charge in [0.15, 0.2) is 0 Å². The lowest BCUT2D eigenvalue weighted by molar-refractivity contribution is -0.118. The van der Waals surface area contributed by atoms with Crippen LogP contribution in [-0.4, -0.2) is 31.3 Å². The molecule has 160 valence electrons. The number of rotatable bonds is 5. The summed E-state index contributed by atoms with van der Waals surface area (Å²) in [5, 5.41) is 11.5. The van der Waals surface area contributed by atoms with Crippen LogP contribution in [0.4, 0.5) is 28.8 Å². The Labute approximate surface area is 180 Å². The largest absolute Gasteiger partial charge is 0.340 e. The maximum Gasteiger partial charge on any atom is 0.238 e. The van der Waals surface area contributed by atoms with Crippen molar-refractivity contribution in [3.63, 3.8) is 0 Å². The summed E-state index contributed by atoms with van der Waals surface area (Å²) in [6.07, 6.45) is 2.90. The average Bonchev–Trinajstić information content (AvgIpc) is 2.73. The van der Waals surface area contributed by atoms with Crippen molar-refractivity contribution in [1.29, 1.82) is 0 Å². The molecule has 4 rings (SSSR count). The third-order valence-corrected chi connectivity index (χ3v) is 6.03. The molecular weight excluding hydrogens is 416 g/mol. The molecule has 9 nitrogen and oxygen atoms in total. The van der Waals surface area contributed by atoms with Crippen LogP contribution in [0.3, 0.4) is 0 Å². The second kappa shape index (κ2) is 7.97. The molecule has 10 heteroatoms. The molecule has 0 fully saturated rings. The van der Waals surface area contributed by atoms with Crippen LogP contribution in [0.25, 0.3) is 0 Å². The van der Waals surface area contributed by atoms with Crippen molar-refractivity contribution in [2.75, 3.05) is 22.6 Å². The SMILES string of the molecule is Cc1cnc(Nc2ccc(S(N)(=O)=O)cc2)nc1Nc1ccc2c(c1)CCC(=O)N2C. The molecule has 0 spiro atoms. The maximum absolute atomic E-state index is 11.9. The molecule has 2 aromatic carbocycles. The number of sulfonamides is 1. The topological polar surface area (TPSA) is 130 Å². The summed E-state index contributed by atoms with van der Waals surface area (Å²) in [5.74, 6) is 1.12. The van der Waals surface area contributed by atoms with E-state index in [0.29, 0.717) is 30.3 Å². The van der Waals surface area contributed by atoms with Gasteiger partial charge in [-0.2, -0.15) is 4.98 Å². The highest BCUT2D eigenvalue weighted by Gasteiger charge is 2.21. The molecule has 0 saturated carbocycles. The van der Waals surface area contributed by atoms with Gasteiger partial charge in [-0.25, -0.2) is 18.5 Å². The van der Waals surface area contributed by atoms with E-state index in [1.807, 2.05) is 25.1 Å². The summed E-state index contributed by atoms with van der Waals surface area (Å²) in [5.41, 5.74) is 4.38. The number of anilines is 5. The maximum atomic E-state index is 11.9. The van der Waals surface area contributed by atoms with Crippen LogP contribution in [0.5, 0.6) is 0 Å². The van der Waals surface area contributed by atoms with Gasteiger partial charge in [-0.05, 0) is 61.4 Å². The lowest BCUT2D eigenvalue weighted by Crippen LogP contribution is -2.31. The summed E-state index contributed by atoms with van der Waals surface area (Å²) >= 11 is 0. The molecule has 1 aliphatic rings. The highest BCUT2D eigenvalue weighted by molar-refractivity contribution is 7.89. The van der Waals surface area contributed by atoms with Crippen LogP contribution < -0.4 is 20.7 Å². The van der Waals surface area contributed by atoms with E-state index in [1.54, 1.807) is 30.3 Å². The molecule has 0 saturated heterocycles. The van der Waals surface area contributed by atoms with Gasteiger partial charge >= 0.3 is 0 Å². The van der Waals surface area contributed by atoms with E-state index in [-0.39, 0.29) is 10.8 Å². The van der Waals surface area contributed by atoms with Gasteiger partial charge in [0.05, 0.1) is 4.90 Å². The second-order valence-electron chi connectivity index (χ2n) is 7.34. The van der Waals surface area contributed by atoms with Crippen molar-refractivity contribution < 1.29 is 13.2 Å². The van der Waals surface area contributed by atoms with Crippen molar-refractivity contribution in [2.24, 2.45) is 5.14 Å². The van der Waals surface area contributed by atoms with Crippen molar-refractivity contribution in [1.82, 2.24) is 9.97 Å². The zero-order valence-corrected chi connectivity index (χ0v) is 17.9. The summed E-state index contributed by atoms with van der Waals surface area (Å²) in [6.45, 7) is 1.90. The van der Waals surface area contributed by atoms with E-state index in [1.165, 1.54) is 12.1 Å². The van der Waals surface area contributed by atoms with Crippen LogP contribution in [-0.2, 0) is 21.2 Å². The fraction of sp³-hybridized carbons (Fsp3) is 0.190. The minimum atomic E-state index is -3.74. The number of amides is 1. The molecule has 1 aromatic heterocycles. The predicted octanol–water partition coefficient (Wildman–Crippen LogP) is 2.83. The number of benzene rings is 2. The van der Waals surface area contributed by atoms with Gasteiger partial charge in [-0.3, -0.25) is 4.79 Å². The van der Waals surface area contributed by atoms with Crippen LogP contribution in [0.2, 0.25) is 0 Å². The van der Waals surface area contributed by atoms with Crippen LogP contribution in [0, 0.1) is 6.92 Å². The Balaban J connectivity index is 1.54. The second-order valence-corrected chi connectivity index (χ2v) is 8.90. The summed E-state index contributed by atoms with van der Waals surface area (Å²) in [7, 11) is -1.96.